The number of anilines is 1. The van der Waals surface area contributed by atoms with E-state index in [0.29, 0.717) is 54.8 Å². The summed E-state index contributed by atoms with van der Waals surface area (Å²) in [6, 6.07) is 11.8. The number of rotatable bonds is 5. The van der Waals surface area contributed by atoms with Gasteiger partial charge in [-0.25, -0.2) is 9.97 Å². The average Bonchev–Trinajstić information content (AvgIpc) is 2.95. The summed E-state index contributed by atoms with van der Waals surface area (Å²) in [5.74, 6) is 1.75. The van der Waals surface area contributed by atoms with E-state index >= 15 is 0 Å². The molecule has 0 radical (unpaired) electrons. The molecule has 1 aliphatic rings. The predicted molar refractivity (Wildman–Crippen MR) is 135 cm³/mol. The standard InChI is InChI=1S/C27H24F3N5O3/c1-37-22-14-20-21(15-23(22)38-2)32-24(18-6-4-8-31-16-18)33-25(20)34-9-11-35(12-10-34)26(36)17-5-3-7-19(13-17)27(28,29)30/h3-8,13-16H,9-12H2,1-2H3. The Balaban J connectivity index is 1.46. The van der Waals surface area contributed by atoms with Gasteiger partial charge in [-0.3, -0.25) is 9.78 Å². The van der Waals surface area contributed by atoms with Crippen LogP contribution in [0, 0.1) is 0 Å². The second kappa shape index (κ2) is 10.2. The van der Waals surface area contributed by atoms with Crippen molar-refractivity contribution in [2.45, 2.75) is 6.18 Å². The van der Waals surface area contributed by atoms with Gasteiger partial charge >= 0.3 is 6.18 Å². The zero-order valence-corrected chi connectivity index (χ0v) is 20.7. The molecule has 1 amide bonds. The van der Waals surface area contributed by atoms with Crippen LogP contribution < -0.4 is 14.4 Å². The zero-order valence-electron chi connectivity index (χ0n) is 20.7. The molecule has 0 atom stereocenters. The molecular formula is C27H24F3N5O3. The lowest BCUT2D eigenvalue weighted by molar-refractivity contribution is -0.137. The van der Waals surface area contributed by atoms with Gasteiger partial charge in [0.2, 0.25) is 0 Å². The smallest absolute Gasteiger partial charge is 0.416 e. The number of hydrogen-bond acceptors (Lipinski definition) is 7. The molecule has 0 saturated carbocycles. The summed E-state index contributed by atoms with van der Waals surface area (Å²) in [5.41, 5.74) is 0.552. The number of aromatic nitrogens is 3. The number of hydrogen-bond donors (Lipinski definition) is 0. The van der Waals surface area contributed by atoms with Gasteiger partial charge in [0.15, 0.2) is 17.3 Å². The Morgan fingerprint density at radius 2 is 1.66 bits per heavy atom. The molecule has 1 aliphatic heterocycles. The fourth-order valence-corrected chi connectivity index (χ4v) is 4.44. The Morgan fingerprint density at radius 3 is 2.32 bits per heavy atom. The summed E-state index contributed by atoms with van der Waals surface area (Å²) >= 11 is 0. The number of alkyl halides is 3. The van der Waals surface area contributed by atoms with Crippen molar-refractivity contribution in [2.24, 2.45) is 0 Å². The van der Waals surface area contributed by atoms with E-state index in [4.69, 9.17) is 19.4 Å². The molecule has 0 N–H and O–H groups in total. The number of fused-ring (bicyclic) bond motifs is 1. The number of amides is 1. The molecule has 2 aromatic heterocycles. The molecule has 0 aliphatic carbocycles. The first-order chi connectivity index (χ1) is 18.3. The summed E-state index contributed by atoms with van der Waals surface area (Å²) in [6.07, 6.45) is -1.17. The quantitative estimate of drug-likeness (QED) is 0.376. The number of benzene rings is 2. The van der Waals surface area contributed by atoms with Crippen LogP contribution in [0.5, 0.6) is 11.5 Å². The first-order valence-electron chi connectivity index (χ1n) is 11.8. The van der Waals surface area contributed by atoms with Crippen LogP contribution in [0.3, 0.4) is 0 Å². The predicted octanol–water partition coefficient (Wildman–Crippen LogP) is 4.69. The first-order valence-corrected chi connectivity index (χ1v) is 11.8. The van der Waals surface area contributed by atoms with Crippen LogP contribution in [-0.2, 0) is 6.18 Å². The van der Waals surface area contributed by atoms with Crippen LogP contribution in [0.15, 0.2) is 60.9 Å². The largest absolute Gasteiger partial charge is 0.493 e. The van der Waals surface area contributed by atoms with Crippen molar-refractivity contribution < 1.29 is 27.4 Å². The SMILES string of the molecule is COc1cc2nc(-c3cccnc3)nc(N3CCN(C(=O)c4cccc(C(F)(F)F)c4)CC3)c2cc1OC. The van der Waals surface area contributed by atoms with Gasteiger partial charge in [-0.15, -0.1) is 0 Å². The summed E-state index contributed by atoms with van der Waals surface area (Å²) in [7, 11) is 3.10. The van der Waals surface area contributed by atoms with Gasteiger partial charge in [-0.05, 0) is 36.4 Å². The molecule has 3 heterocycles. The van der Waals surface area contributed by atoms with Gasteiger partial charge in [-0.1, -0.05) is 6.07 Å². The van der Waals surface area contributed by atoms with Crippen LogP contribution in [-0.4, -0.2) is 66.2 Å². The second-order valence-corrected chi connectivity index (χ2v) is 8.69. The molecule has 1 saturated heterocycles. The van der Waals surface area contributed by atoms with Crippen molar-refractivity contribution in [3.8, 4) is 22.9 Å². The highest BCUT2D eigenvalue weighted by Gasteiger charge is 2.32. The maximum absolute atomic E-state index is 13.1. The maximum atomic E-state index is 13.1. The van der Waals surface area contributed by atoms with E-state index in [0.717, 1.165) is 23.1 Å². The lowest BCUT2D eigenvalue weighted by Gasteiger charge is -2.36. The van der Waals surface area contributed by atoms with Gasteiger partial charge < -0.3 is 19.3 Å². The minimum absolute atomic E-state index is 0.0106. The Bertz CT molecular complexity index is 1470. The van der Waals surface area contributed by atoms with E-state index in [-0.39, 0.29) is 5.56 Å². The van der Waals surface area contributed by atoms with Crippen molar-refractivity contribution in [1.82, 2.24) is 19.9 Å². The van der Waals surface area contributed by atoms with Gasteiger partial charge in [0, 0.05) is 61.2 Å². The fourth-order valence-electron chi connectivity index (χ4n) is 4.44. The molecule has 1 fully saturated rings. The molecule has 11 heteroatoms. The Kier molecular flexibility index (Phi) is 6.75. The topological polar surface area (TPSA) is 80.7 Å². The number of carbonyl (C=O) groups is 1. The van der Waals surface area contributed by atoms with Crippen molar-refractivity contribution in [3.05, 3.63) is 72.1 Å². The van der Waals surface area contributed by atoms with Crippen molar-refractivity contribution >= 4 is 22.6 Å². The zero-order chi connectivity index (χ0) is 26.9. The van der Waals surface area contributed by atoms with E-state index < -0.39 is 17.6 Å². The normalized spacial score (nSPS) is 14.0. The number of pyridine rings is 1. The van der Waals surface area contributed by atoms with Crippen LogP contribution in [0.2, 0.25) is 0 Å². The molecule has 5 rings (SSSR count). The lowest BCUT2D eigenvalue weighted by atomic mass is 10.1. The number of carbonyl (C=O) groups excluding carboxylic acids is 1. The number of piperazine rings is 1. The molecule has 2 aromatic carbocycles. The van der Waals surface area contributed by atoms with Gasteiger partial charge in [0.25, 0.3) is 5.91 Å². The molecule has 0 bridgehead atoms. The third-order valence-corrected chi connectivity index (χ3v) is 6.40. The summed E-state index contributed by atoms with van der Waals surface area (Å²) in [4.78, 5) is 30.3. The first kappa shape index (κ1) is 25.2. The minimum atomic E-state index is -4.52. The summed E-state index contributed by atoms with van der Waals surface area (Å²) in [5, 5.41) is 0.743. The number of halogens is 3. The van der Waals surface area contributed by atoms with Gasteiger partial charge in [-0.2, -0.15) is 13.2 Å². The molecule has 8 nitrogen and oxygen atoms in total. The molecule has 38 heavy (non-hydrogen) atoms. The van der Waals surface area contributed by atoms with E-state index in [1.807, 2.05) is 17.0 Å². The highest BCUT2D eigenvalue weighted by Crippen LogP contribution is 2.37. The number of ether oxygens (including phenoxy) is 2. The fraction of sp³-hybridized carbons (Fsp3) is 0.259. The molecule has 0 unspecified atom stereocenters. The average molecular weight is 524 g/mol. The van der Waals surface area contributed by atoms with Crippen LogP contribution in [0.25, 0.3) is 22.3 Å². The van der Waals surface area contributed by atoms with Crippen molar-refractivity contribution in [1.29, 1.82) is 0 Å². The van der Waals surface area contributed by atoms with E-state index in [9.17, 15) is 18.0 Å². The third kappa shape index (κ3) is 4.91. The lowest BCUT2D eigenvalue weighted by Crippen LogP contribution is -2.49. The Morgan fingerprint density at radius 1 is 0.921 bits per heavy atom. The minimum Gasteiger partial charge on any atom is -0.493 e. The molecule has 4 aromatic rings. The van der Waals surface area contributed by atoms with Crippen LogP contribution in [0.1, 0.15) is 15.9 Å². The van der Waals surface area contributed by atoms with Crippen molar-refractivity contribution in [3.63, 3.8) is 0 Å². The summed E-state index contributed by atoms with van der Waals surface area (Å²) < 4.78 is 50.4. The molecule has 196 valence electrons. The van der Waals surface area contributed by atoms with E-state index in [1.165, 1.54) is 12.1 Å². The van der Waals surface area contributed by atoms with Crippen molar-refractivity contribution in [2.75, 3.05) is 45.3 Å². The monoisotopic (exact) mass is 523 g/mol. The van der Waals surface area contributed by atoms with Gasteiger partial charge in [0.05, 0.1) is 25.3 Å². The second-order valence-electron chi connectivity index (χ2n) is 8.69. The molecule has 0 spiro atoms. The Hall–Kier alpha value is -4.41. The van der Waals surface area contributed by atoms with E-state index in [2.05, 4.69) is 4.98 Å². The van der Waals surface area contributed by atoms with Crippen LogP contribution >= 0.6 is 0 Å². The Labute approximate surface area is 216 Å². The molecular weight excluding hydrogens is 499 g/mol. The van der Waals surface area contributed by atoms with Gasteiger partial charge in [0.1, 0.15) is 5.82 Å². The summed E-state index contributed by atoms with van der Waals surface area (Å²) in [6.45, 7) is 1.49. The van der Waals surface area contributed by atoms with E-state index in [1.54, 1.807) is 43.6 Å². The maximum Gasteiger partial charge on any atom is 0.416 e. The van der Waals surface area contributed by atoms with Crippen LogP contribution in [0.4, 0.5) is 19.0 Å². The third-order valence-electron chi connectivity index (χ3n) is 6.40. The highest BCUT2D eigenvalue weighted by atomic mass is 19.4. The number of nitrogens with zero attached hydrogens (tertiary/aromatic N) is 5. The highest BCUT2D eigenvalue weighted by molar-refractivity contribution is 5.95. The number of methoxy groups -OCH3 is 2.